The van der Waals surface area contributed by atoms with Crippen LogP contribution in [0, 0.1) is 0 Å². The number of amides is 2. The summed E-state index contributed by atoms with van der Waals surface area (Å²) in [6, 6.07) is 0. The number of thioether (sulfide) groups is 1. The fourth-order valence-corrected chi connectivity index (χ4v) is 6.31. The molecule has 1 aromatic heterocycles. The molecule has 0 aliphatic carbocycles. The molecule has 38 heavy (non-hydrogen) atoms. The van der Waals surface area contributed by atoms with E-state index in [9.17, 15) is 19.5 Å². The van der Waals surface area contributed by atoms with Crippen LogP contribution in [0.4, 0.5) is 5.13 Å². The molecule has 3 aliphatic rings. The molecule has 14 nitrogen and oxygen atoms in total. The number of rotatable bonds is 9. The molecule has 2 unspecified atom stereocenters. The first kappa shape index (κ1) is 27.2. The van der Waals surface area contributed by atoms with Gasteiger partial charge in [-0.1, -0.05) is 30.0 Å². The van der Waals surface area contributed by atoms with E-state index in [0.717, 1.165) is 21.6 Å². The Labute approximate surface area is 229 Å². The van der Waals surface area contributed by atoms with Gasteiger partial charge in [-0.05, 0) is 6.08 Å². The summed E-state index contributed by atoms with van der Waals surface area (Å²) >= 11 is 7.45. The number of hydrogen-bond donors (Lipinski definition) is 5. The molecule has 2 amide bonds. The molecule has 0 bridgehead atoms. The summed E-state index contributed by atoms with van der Waals surface area (Å²) in [5.41, 5.74) is 15.7. The van der Waals surface area contributed by atoms with Gasteiger partial charge in [-0.3, -0.25) is 14.5 Å². The average molecular weight is 578 g/mol. The van der Waals surface area contributed by atoms with Crippen LogP contribution in [0.5, 0.6) is 0 Å². The zero-order valence-corrected chi connectivity index (χ0v) is 22.3. The molecule has 1 aromatic rings. The molecule has 0 aromatic carbocycles. The molecule has 1 fully saturated rings. The van der Waals surface area contributed by atoms with Gasteiger partial charge in [-0.15, -0.1) is 23.1 Å². The lowest BCUT2D eigenvalue weighted by Gasteiger charge is -2.55. The molecule has 0 spiro atoms. The normalized spacial score (nSPS) is 25.1. The number of nitrogens with two attached hydrogens (primary N) is 3. The number of thiocarbonyl (C=S) groups is 1. The van der Waals surface area contributed by atoms with Crippen LogP contribution in [0.3, 0.4) is 0 Å². The van der Waals surface area contributed by atoms with Crippen molar-refractivity contribution in [3.05, 3.63) is 46.9 Å². The van der Waals surface area contributed by atoms with Crippen molar-refractivity contribution < 1.29 is 24.3 Å². The first-order valence-corrected chi connectivity index (χ1v) is 13.2. The number of anilines is 1. The molecule has 4 rings (SSSR count). The van der Waals surface area contributed by atoms with Gasteiger partial charge in [-0.2, -0.15) is 0 Å². The minimum absolute atomic E-state index is 0.0110. The molecule has 3 atom stereocenters. The van der Waals surface area contributed by atoms with E-state index in [0.29, 0.717) is 0 Å². The molecule has 200 valence electrons. The molecule has 3 aliphatic heterocycles. The van der Waals surface area contributed by atoms with Crippen molar-refractivity contribution in [3.8, 4) is 0 Å². The number of nitrogens with one attached hydrogen (secondary N) is 1. The van der Waals surface area contributed by atoms with Gasteiger partial charge in [0, 0.05) is 29.1 Å². The number of thiazole rings is 1. The molecule has 0 saturated carbocycles. The minimum atomic E-state index is -1.71. The lowest BCUT2D eigenvalue weighted by molar-refractivity contribution is -0.153. The van der Waals surface area contributed by atoms with Gasteiger partial charge in [-0.25, -0.2) is 14.8 Å². The summed E-state index contributed by atoms with van der Waals surface area (Å²) in [6.07, 6.45) is 2.30. The highest BCUT2D eigenvalue weighted by molar-refractivity contribution is 8.00. The Morgan fingerprint density at radius 2 is 2.21 bits per heavy atom. The van der Waals surface area contributed by atoms with Gasteiger partial charge >= 0.3 is 5.97 Å². The van der Waals surface area contributed by atoms with Gasteiger partial charge in [0.1, 0.15) is 41.2 Å². The van der Waals surface area contributed by atoms with E-state index in [1.807, 2.05) is 0 Å². The lowest BCUT2D eigenvalue weighted by Crippen LogP contribution is -2.81. The first-order chi connectivity index (χ1) is 18.0. The standard InChI is InChI=1S/C21H23N9O5S3/c1-3-4-35-28-13(10-7-38-20(24)25-10)16(31)27-21(8-36)18(34)30-14(17(32)33)9(6-37-19(21)30)15-26-11(22)5-12(23)29(15)2/h3,5,7-8,12,19H,1,4,6,22-23H2,2H3,(H2,24,25)(H,27,31)(H,32,33)/b28-13-/t12?,19-,21?/m0/s1. The van der Waals surface area contributed by atoms with Crippen LogP contribution in [-0.4, -0.2) is 91.1 Å². The van der Waals surface area contributed by atoms with Crippen molar-refractivity contribution in [3.63, 3.8) is 0 Å². The number of β-lactam (4-membered cyclic amide) rings is 1. The van der Waals surface area contributed by atoms with Crippen molar-refractivity contribution in [1.29, 1.82) is 0 Å². The number of carbonyl (C=O) groups excluding carboxylic acids is 2. The fraction of sp³-hybridized carbons (Fsp3) is 0.286. The summed E-state index contributed by atoms with van der Waals surface area (Å²) in [5.74, 6) is -2.46. The van der Waals surface area contributed by atoms with Crippen LogP contribution < -0.4 is 22.5 Å². The number of carboxylic acid groups (broad SMARTS) is 1. The SMILES string of the molecule is C=CCO/N=C(\C(=O)NC1(C=S)C(=O)N2C(C(=O)O)=C(C3=NC(N)=CC(N)N3C)CS[C@H]21)c1csc(N)n1. The Morgan fingerprint density at radius 3 is 2.82 bits per heavy atom. The molecule has 4 heterocycles. The second kappa shape index (κ2) is 10.5. The van der Waals surface area contributed by atoms with Gasteiger partial charge in [0.25, 0.3) is 11.8 Å². The number of likely N-dealkylation sites (N-methyl/N-ethyl adjacent to an activating group) is 1. The summed E-state index contributed by atoms with van der Waals surface area (Å²) in [5, 5.41) is 18.5. The smallest absolute Gasteiger partial charge is 0.353 e. The Kier molecular flexibility index (Phi) is 7.54. The highest BCUT2D eigenvalue weighted by Gasteiger charge is 2.65. The molecular formula is C21H23N9O5S3. The van der Waals surface area contributed by atoms with Crippen molar-refractivity contribution in [2.24, 2.45) is 21.6 Å². The molecule has 17 heteroatoms. The molecule has 0 radical (unpaired) electrons. The van der Waals surface area contributed by atoms with Crippen LogP contribution in [-0.2, 0) is 19.2 Å². The van der Waals surface area contributed by atoms with Crippen LogP contribution in [0.1, 0.15) is 5.69 Å². The Bertz CT molecular complexity index is 1350. The predicted molar refractivity (Wildman–Crippen MR) is 147 cm³/mol. The van der Waals surface area contributed by atoms with Crippen molar-refractivity contribution in [1.82, 2.24) is 20.1 Å². The number of hydrogen-bond acceptors (Lipinski definition) is 14. The minimum Gasteiger partial charge on any atom is -0.477 e. The average Bonchev–Trinajstić information content (AvgIpc) is 3.31. The molecule has 1 saturated heterocycles. The highest BCUT2D eigenvalue weighted by atomic mass is 32.2. The maximum Gasteiger partial charge on any atom is 0.353 e. The van der Waals surface area contributed by atoms with E-state index in [1.165, 1.54) is 29.3 Å². The van der Waals surface area contributed by atoms with Crippen molar-refractivity contribution >= 4 is 75.1 Å². The van der Waals surface area contributed by atoms with Crippen LogP contribution in [0.2, 0.25) is 0 Å². The quantitative estimate of drug-likeness (QED) is 0.0607. The van der Waals surface area contributed by atoms with Gasteiger partial charge in [0.05, 0.1) is 0 Å². The van der Waals surface area contributed by atoms with Gasteiger partial charge in [0.2, 0.25) is 0 Å². The first-order valence-electron chi connectivity index (χ1n) is 10.8. The Hall–Kier alpha value is -3.80. The zero-order chi connectivity index (χ0) is 27.8. The van der Waals surface area contributed by atoms with Crippen LogP contribution in [0.25, 0.3) is 0 Å². The van der Waals surface area contributed by atoms with Crippen LogP contribution >= 0.6 is 35.3 Å². The van der Waals surface area contributed by atoms with E-state index in [4.69, 9.17) is 34.3 Å². The number of amidine groups is 1. The molecular weight excluding hydrogens is 554 g/mol. The Morgan fingerprint density at radius 1 is 1.47 bits per heavy atom. The Balaban J connectivity index is 1.68. The lowest BCUT2D eigenvalue weighted by atomic mass is 9.87. The topological polar surface area (TPSA) is 215 Å². The molecule has 8 N–H and O–H groups in total. The third-order valence-electron chi connectivity index (χ3n) is 5.77. The van der Waals surface area contributed by atoms with Crippen molar-refractivity contribution in [2.45, 2.75) is 17.1 Å². The maximum atomic E-state index is 13.5. The van der Waals surface area contributed by atoms with Gasteiger partial charge in [0.15, 0.2) is 16.4 Å². The predicted octanol–water partition coefficient (Wildman–Crippen LogP) is -0.831. The van der Waals surface area contributed by atoms with E-state index in [2.05, 4.69) is 27.0 Å². The van der Waals surface area contributed by atoms with Gasteiger partial charge < -0.3 is 37.4 Å². The summed E-state index contributed by atoms with van der Waals surface area (Å²) in [6.45, 7) is 3.53. The number of carboxylic acids is 1. The fourth-order valence-electron chi connectivity index (χ4n) is 3.95. The maximum absolute atomic E-state index is 13.5. The summed E-state index contributed by atoms with van der Waals surface area (Å²) in [4.78, 5) is 55.3. The van der Waals surface area contributed by atoms with Crippen LogP contribution in [0.15, 0.2) is 51.4 Å². The van der Waals surface area contributed by atoms with Crippen molar-refractivity contribution in [2.75, 3.05) is 25.1 Å². The van der Waals surface area contributed by atoms with E-state index < -0.39 is 34.9 Å². The van der Waals surface area contributed by atoms with E-state index in [-0.39, 0.29) is 51.8 Å². The monoisotopic (exact) mass is 577 g/mol. The zero-order valence-electron chi connectivity index (χ0n) is 19.9. The van der Waals surface area contributed by atoms with E-state index >= 15 is 0 Å². The summed E-state index contributed by atoms with van der Waals surface area (Å²) < 4.78 is 0. The number of aromatic nitrogens is 1. The third kappa shape index (κ3) is 4.53. The summed E-state index contributed by atoms with van der Waals surface area (Å²) in [7, 11) is 1.63. The number of nitrogens with zero attached hydrogens (tertiary/aromatic N) is 5. The second-order valence-electron chi connectivity index (χ2n) is 8.14. The number of oxime groups is 1. The number of nitrogen functional groups attached to an aromatic ring is 1. The second-order valence-corrected chi connectivity index (χ2v) is 10.3. The number of carbonyl (C=O) groups is 3. The highest BCUT2D eigenvalue weighted by Crippen LogP contribution is 2.46. The number of aliphatic carboxylic acids is 1. The number of aliphatic imine (C=N–C) groups is 1. The largest absolute Gasteiger partial charge is 0.477 e. The number of fused-ring (bicyclic) bond motifs is 1. The van der Waals surface area contributed by atoms with E-state index in [1.54, 1.807) is 11.9 Å². The third-order valence-corrected chi connectivity index (χ3v) is 8.17.